The van der Waals surface area contributed by atoms with Crippen LogP contribution >= 0.6 is 11.3 Å². The van der Waals surface area contributed by atoms with Crippen LogP contribution < -0.4 is 0 Å². The minimum absolute atomic E-state index is 0.0523. The second kappa shape index (κ2) is 7.89. The maximum Gasteiger partial charge on any atom is 0.276 e. The average Bonchev–Trinajstić information content (AvgIpc) is 3.37. The van der Waals surface area contributed by atoms with Crippen LogP contribution in [0, 0.1) is 6.92 Å². The minimum Gasteiger partial charge on any atom is -0.339 e. The molecule has 2 amide bonds. The Bertz CT molecular complexity index is 975. The molecular weight excluding hydrogens is 376 g/mol. The summed E-state index contributed by atoms with van der Waals surface area (Å²) >= 11 is 1.50. The Balaban J connectivity index is 1.34. The molecule has 1 saturated heterocycles. The summed E-state index contributed by atoms with van der Waals surface area (Å²) in [6, 6.07) is 9.45. The minimum atomic E-state index is -0.162. The van der Waals surface area contributed by atoms with Crippen molar-refractivity contribution in [3.63, 3.8) is 0 Å². The summed E-state index contributed by atoms with van der Waals surface area (Å²) in [5, 5.41) is 11.3. The summed E-state index contributed by atoms with van der Waals surface area (Å²) in [7, 11) is 0. The van der Waals surface area contributed by atoms with Crippen LogP contribution in [0.25, 0.3) is 5.69 Å². The van der Waals surface area contributed by atoms with Crippen molar-refractivity contribution < 1.29 is 9.59 Å². The van der Waals surface area contributed by atoms with Crippen molar-refractivity contribution in [3.8, 4) is 5.69 Å². The lowest BCUT2D eigenvalue weighted by Crippen LogP contribution is -2.51. The molecule has 0 N–H and O–H groups in total. The highest BCUT2D eigenvalue weighted by Gasteiger charge is 2.26. The van der Waals surface area contributed by atoms with Gasteiger partial charge in [0, 0.05) is 37.3 Å². The van der Waals surface area contributed by atoms with E-state index in [-0.39, 0.29) is 11.8 Å². The third kappa shape index (κ3) is 3.94. The van der Waals surface area contributed by atoms with Crippen LogP contribution in [0.3, 0.4) is 0 Å². The molecule has 1 aliphatic rings. The van der Waals surface area contributed by atoms with Crippen LogP contribution in [0.2, 0.25) is 0 Å². The number of thiazole rings is 1. The number of hydrogen-bond acceptors (Lipinski definition) is 6. The van der Waals surface area contributed by atoms with Gasteiger partial charge in [-0.3, -0.25) is 9.59 Å². The molecule has 0 radical (unpaired) electrons. The predicted molar refractivity (Wildman–Crippen MR) is 104 cm³/mol. The van der Waals surface area contributed by atoms with Gasteiger partial charge in [0.25, 0.3) is 5.91 Å². The van der Waals surface area contributed by atoms with E-state index in [1.807, 2.05) is 42.6 Å². The summed E-state index contributed by atoms with van der Waals surface area (Å²) in [5.41, 5.74) is 2.04. The van der Waals surface area contributed by atoms with Crippen molar-refractivity contribution in [1.82, 2.24) is 29.8 Å². The van der Waals surface area contributed by atoms with Crippen LogP contribution in [-0.4, -0.2) is 67.8 Å². The highest BCUT2D eigenvalue weighted by atomic mass is 32.1. The quantitative estimate of drug-likeness (QED) is 0.668. The first-order chi connectivity index (χ1) is 13.6. The number of carbonyl (C=O) groups excluding carboxylic acids is 2. The van der Waals surface area contributed by atoms with Crippen molar-refractivity contribution in [1.29, 1.82) is 0 Å². The molecule has 0 aliphatic carbocycles. The summed E-state index contributed by atoms with van der Waals surface area (Å²) in [6.07, 6.45) is 1.80. The summed E-state index contributed by atoms with van der Waals surface area (Å²) in [6.45, 7) is 3.92. The molecule has 3 aromatic rings. The normalized spacial score (nSPS) is 14.3. The lowest BCUT2D eigenvalue weighted by Gasteiger charge is -2.34. The van der Waals surface area contributed by atoms with Gasteiger partial charge in [-0.25, -0.2) is 4.98 Å². The molecule has 1 fully saturated rings. The van der Waals surface area contributed by atoms with Crippen molar-refractivity contribution in [2.75, 3.05) is 26.2 Å². The third-order valence-corrected chi connectivity index (χ3v) is 5.55. The first-order valence-corrected chi connectivity index (χ1v) is 9.94. The maximum absolute atomic E-state index is 12.7. The monoisotopic (exact) mass is 396 g/mol. The Morgan fingerprint density at radius 2 is 1.79 bits per heavy atom. The first-order valence-electron chi connectivity index (χ1n) is 9.06. The van der Waals surface area contributed by atoms with Crippen molar-refractivity contribution in [2.24, 2.45) is 0 Å². The number of amides is 2. The predicted octanol–water partition coefficient (Wildman–Crippen LogP) is 1.56. The van der Waals surface area contributed by atoms with Gasteiger partial charge in [-0.05, 0) is 19.1 Å². The van der Waals surface area contributed by atoms with Crippen LogP contribution in [0.4, 0.5) is 0 Å². The number of hydrogen-bond donors (Lipinski definition) is 0. The molecule has 0 atom stereocenters. The van der Waals surface area contributed by atoms with Gasteiger partial charge in [-0.15, -0.1) is 16.4 Å². The van der Waals surface area contributed by atoms with Gasteiger partial charge >= 0.3 is 0 Å². The number of para-hydroxylation sites is 1. The van der Waals surface area contributed by atoms with Crippen molar-refractivity contribution >= 4 is 23.2 Å². The fourth-order valence-electron chi connectivity index (χ4n) is 3.09. The first kappa shape index (κ1) is 18.3. The van der Waals surface area contributed by atoms with Crippen LogP contribution in [0.5, 0.6) is 0 Å². The molecular formula is C19H20N6O2S. The number of rotatable bonds is 4. The molecule has 0 spiro atoms. The van der Waals surface area contributed by atoms with Crippen LogP contribution in [0.1, 0.15) is 21.2 Å². The molecule has 3 heterocycles. The highest BCUT2D eigenvalue weighted by Crippen LogP contribution is 2.13. The van der Waals surface area contributed by atoms with E-state index in [1.165, 1.54) is 22.3 Å². The van der Waals surface area contributed by atoms with E-state index in [1.54, 1.807) is 9.80 Å². The number of aryl methyl sites for hydroxylation is 1. The van der Waals surface area contributed by atoms with Gasteiger partial charge in [0.15, 0.2) is 5.69 Å². The fraction of sp³-hybridized carbons (Fsp3) is 0.316. The van der Waals surface area contributed by atoms with Gasteiger partial charge in [-0.1, -0.05) is 18.2 Å². The zero-order valence-corrected chi connectivity index (χ0v) is 16.3. The molecule has 4 rings (SSSR count). The molecule has 28 heavy (non-hydrogen) atoms. The standard InChI is InChI=1S/C19H20N6O2S/c1-14-13-28-17(21-14)11-18(26)23-7-9-24(10-8-23)19(27)16-12-20-25(22-16)15-5-3-2-4-6-15/h2-6,12-13H,7-11H2,1H3. The maximum atomic E-state index is 12.7. The lowest BCUT2D eigenvalue weighted by molar-refractivity contribution is -0.131. The molecule has 144 valence electrons. The number of benzene rings is 1. The zero-order chi connectivity index (χ0) is 19.5. The topological polar surface area (TPSA) is 84.2 Å². The van der Waals surface area contributed by atoms with E-state index in [0.717, 1.165) is 16.4 Å². The van der Waals surface area contributed by atoms with Gasteiger partial charge in [0.05, 0.1) is 18.3 Å². The second-order valence-corrected chi connectivity index (χ2v) is 7.53. The molecule has 0 unspecified atom stereocenters. The van der Waals surface area contributed by atoms with E-state index >= 15 is 0 Å². The van der Waals surface area contributed by atoms with E-state index in [2.05, 4.69) is 15.2 Å². The van der Waals surface area contributed by atoms with Crippen molar-refractivity contribution in [2.45, 2.75) is 13.3 Å². The Kier molecular flexibility index (Phi) is 5.16. The SMILES string of the molecule is Cc1csc(CC(=O)N2CCN(C(=O)c3cnn(-c4ccccc4)n3)CC2)n1. The van der Waals surface area contributed by atoms with E-state index < -0.39 is 0 Å². The van der Waals surface area contributed by atoms with E-state index in [4.69, 9.17) is 0 Å². The second-order valence-electron chi connectivity index (χ2n) is 6.59. The smallest absolute Gasteiger partial charge is 0.276 e. The molecule has 2 aromatic heterocycles. The van der Waals surface area contributed by atoms with Gasteiger partial charge in [0.2, 0.25) is 5.91 Å². The Morgan fingerprint density at radius 1 is 1.07 bits per heavy atom. The lowest BCUT2D eigenvalue weighted by atomic mass is 10.2. The number of carbonyl (C=O) groups is 2. The average molecular weight is 396 g/mol. The fourth-order valence-corrected chi connectivity index (χ4v) is 3.86. The van der Waals surface area contributed by atoms with Gasteiger partial charge in [0.1, 0.15) is 5.01 Å². The molecule has 1 aliphatic heterocycles. The van der Waals surface area contributed by atoms with E-state index in [0.29, 0.717) is 38.3 Å². The largest absolute Gasteiger partial charge is 0.339 e. The summed E-state index contributed by atoms with van der Waals surface area (Å²) < 4.78 is 0. The van der Waals surface area contributed by atoms with Gasteiger partial charge in [-0.2, -0.15) is 9.90 Å². The highest BCUT2D eigenvalue weighted by molar-refractivity contribution is 7.09. The summed E-state index contributed by atoms with van der Waals surface area (Å²) in [5.74, 6) is -0.110. The number of nitrogens with zero attached hydrogens (tertiary/aromatic N) is 6. The van der Waals surface area contributed by atoms with Gasteiger partial charge < -0.3 is 9.80 Å². The molecule has 8 nitrogen and oxygen atoms in total. The number of aromatic nitrogens is 4. The Hall–Kier alpha value is -3.07. The molecule has 9 heteroatoms. The Labute approximate surface area is 166 Å². The third-order valence-electron chi connectivity index (χ3n) is 4.59. The molecule has 1 aromatic carbocycles. The number of piperazine rings is 1. The molecule has 0 saturated carbocycles. The Morgan fingerprint density at radius 3 is 2.46 bits per heavy atom. The van der Waals surface area contributed by atoms with Crippen LogP contribution in [-0.2, 0) is 11.2 Å². The summed E-state index contributed by atoms with van der Waals surface area (Å²) in [4.78, 5) is 34.5. The molecule has 0 bridgehead atoms. The zero-order valence-electron chi connectivity index (χ0n) is 15.5. The van der Waals surface area contributed by atoms with E-state index in [9.17, 15) is 9.59 Å². The van der Waals surface area contributed by atoms with Crippen LogP contribution in [0.15, 0.2) is 41.9 Å². The van der Waals surface area contributed by atoms with Crippen molar-refractivity contribution in [3.05, 3.63) is 58.3 Å².